The van der Waals surface area contributed by atoms with E-state index < -0.39 is 0 Å². The average Bonchev–Trinajstić information content (AvgIpc) is 2.77. The van der Waals surface area contributed by atoms with Gasteiger partial charge in [0, 0.05) is 26.3 Å². The monoisotopic (exact) mass is 196 g/mol. The molecule has 1 aromatic heterocycles. The second-order valence-corrected chi connectivity index (χ2v) is 3.48. The molecule has 1 fully saturated rings. The summed E-state index contributed by atoms with van der Waals surface area (Å²) in [5, 5.41) is 7.36. The van der Waals surface area contributed by atoms with Crippen LogP contribution in [-0.4, -0.2) is 41.0 Å². The van der Waals surface area contributed by atoms with Crippen LogP contribution in [0.5, 0.6) is 0 Å². The van der Waals surface area contributed by atoms with Crippen LogP contribution in [0.1, 0.15) is 0 Å². The van der Waals surface area contributed by atoms with Crippen LogP contribution >= 0.6 is 0 Å². The van der Waals surface area contributed by atoms with Gasteiger partial charge in [-0.05, 0) is 0 Å². The Balaban J connectivity index is 1.88. The number of rotatable bonds is 3. The summed E-state index contributed by atoms with van der Waals surface area (Å²) in [7, 11) is 0. The molecule has 2 heterocycles. The number of hydrogen-bond donors (Lipinski definition) is 3. The number of nitrogens with zero attached hydrogens (tertiary/aromatic N) is 3. The molecule has 1 saturated heterocycles. The second-order valence-electron chi connectivity index (χ2n) is 3.48. The van der Waals surface area contributed by atoms with Crippen molar-refractivity contribution in [1.29, 1.82) is 0 Å². The van der Waals surface area contributed by atoms with Crippen LogP contribution in [0.15, 0.2) is 6.20 Å². The van der Waals surface area contributed by atoms with Gasteiger partial charge in [0.15, 0.2) is 0 Å². The first-order chi connectivity index (χ1) is 6.77. The zero-order valence-corrected chi connectivity index (χ0v) is 8.11. The summed E-state index contributed by atoms with van der Waals surface area (Å²) < 4.78 is 1.74. The van der Waals surface area contributed by atoms with Crippen molar-refractivity contribution in [2.75, 3.05) is 37.8 Å². The van der Waals surface area contributed by atoms with Gasteiger partial charge in [-0.15, -0.1) is 0 Å². The number of nitrogens with two attached hydrogens (primary N) is 2. The van der Waals surface area contributed by atoms with Gasteiger partial charge in [0.05, 0.1) is 18.4 Å². The lowest BCUT2D eigenvalue weighted by Gasteiger charge is -2.13. The smallest absolute Gasteiger partial charge is 0.145 e. The van der Waals surface area contributed by atoms with E-state index in [0.29, 0.717) is 11.5 Å². The van der Waals surface area contributed by atoms with Gasteiger partial charge in [-0.1, -0.05) is 0 Å². The molecule has 14 heavy (non-hydrogen) atoms. The Labute approximate surface area is 82.8 Å². The van der Waals surface area contributed by atoms with Gasteiger partial charge in [-0.3, -0.25) is 4.90 Å². The first-order valence-corrected chi connectivity index (χ1v) is 4.77. The van der Waals surface area contributed by atoms with Crippen LogP contribution in [0.4, 0.5) is 11.5 Å². The molecule has 0 spiro atoms. The molecule has 5 N–H and O–H groups in total. The van der Waals surface area contributed by atoms with Gasteiger partial charge in [-0.2, -0.15) is 5.10 Å². The molecule has 0 bridgehead atoms. The Bertz CT molecular complexity index is 301. The maximum absolute atomic E-state index is 5.73. The summed E-state index contributed by atoms with van der Waals surface area (Å²) in [5.41, 5.74) is 11.9. The van der Waals surface area contributed by atoms with E-state index in [1.165, 1.54) is 0 Å². The number of aromatic nitrogens is 2. The molecule has 0 unspecified atom stereocenters. The molecule has 0 saturated carbocycles. The highest BCUT2D eigenvalue weighted by Crippen LogP contribution is 2.12. The summed E-state index contributed by atoms with van der Waals surface area (Å²) >= 11 is 0. The molecule has 1 aromatic rings. The van der Waals surface area contributed by atoms with Crippen LogP contribution in [-0.2, 0) is 6.54 Å². The predicted octanol–water partition coefficient (Wildman–Crippen LogP) is -1.09. The minimum atomic E-state index is 0.560. The fraction of sp³-hybridized carbons (Fsp3) is 0.625. The minimum absolute atomic E-state index is 0.560. The molecule has 6 nitrogen and oxygen atoms in total. The van der Waals surface area contributed by atoms with E-state index in [-0.39, 0.29) is 0 Å². The van der Waals surface area contributed by atoms with Crippen molar-refractivity contribution in [2.45, 2.75) is 6.54 Å². The molecule has 1 aliphatic heterocycles. The first-order valence-electron chi connectivity index (χ1n) is 4.77. The molecule has 0 aliphatic carbocycles. The first kappa shape index (κ1) is 9.29. The van der Waals surface area contributed by atoms with Crippen LogP contribution < -0.4 is 16.8 Å². The largest absolute Gasteiger partial charge is 0.394 e. The topological polar surface area (TPSA) is 85.1 Å². The predicted molar refractivity (Wildman–Crippen MR) is 55.5 cm³/mol. The van der Waals surface area contributed by atoms with E-state index in [9.17, 15) is 0 Å². The van der Waals surface area contributed by atoms with Gasteiger partial charge >= 0.3 is 0 Å². The van der Waals surface area contributed by atoms with Crippen molar-refractivity contribution in [2.24, 2.45) is 0 Å². The third-order valence-electron chi connectivity index (χ3n) is 2.48. The van der Waals surface area contributed by atoms with E-state index in [2.05, 4.69) is 15.3 Å². The van der Waals surface area contributed by atoms with Crippen molar-refractivity contribution < 1.29 is 0 Å². The standard InChI is InChI=1S/C8H16N6/c9-7-5-12-14(8(7)10)4-3-13-2-1-11-6-13/h5,11H,1-4,6,9-10H2. The molecule has 2 rings (SSSR count). The van der Waals surface area contributed by atoms with E-state index in [1.807, 2.05) is 0 Å². The van der Waals surface area contributed by atoms with Crippen LogP contribution in [0.25, 0.3) is 0 Å². The van der Waals surface area contributed by atoms with Crippen LogP contribution in [0.3, 0.4) is 0 Å². The van der Waals surface area contributed by atoms with Crippen LogP contribution in [0.2, 0.25) is 0 Å². The Hall–Kier alpha value is -1.27. The maximum Gasteiger partial charge on any atom is 0.145 e. The molecular weight excluding hydrogens is 180 g/mol. The Morgan fingerprint density at radius 2 is 2.29 bits per heavy atom. The molecule has 0 radical (unpaired) electrons. The highest BCUT2D eigenvalue weighted by atomic mass is 15.3. The zero-order chi connectivity index (χ0) is 9.97. The van der Waals surface area contributed by atoms with Crippen molar-refractivity contribution in [3.05, 3.63) is 6.20 Å². The third-order valence-corrected chi connectivity index (χ3v) is 2.48. The number of nitrogens with one attached hydrogen (secondary N) is 1. The lowest BCUT2D eigenvalue weighted by Crippen LogP contribution is -2.26. The van der Waals surface area contributed by atoms with Crippen molar-refractivity contribution in [3.8, 4) is 0 Å². The Kier molecular flexibility index (Phi) is 2.55. The van der Waals surface area contributed by atoms with E-state index in [4.69, 9.17) is 11.5 Å². The minimum Gasteiger partial charge on any atom is -0.394 e. The highest BCUT2D eigenvalue weighted by Gasteiger charge is 2.11. The van der Waals surface area contributed by atoms with Gasteiger partial charge in [-0.25, -0.2) is 4.68 Å². The molecule has 0 atom stereocenters. The summed E-state index contributed by atoms with van der Waals surface area (Å²) in [6.07, 6.45) is 1.59. The summed E-state index contributed by atoms with van der Waals surface area (Å²) in [6, 6.07) is 0. The summed E-state index contributed by atoms with van der Waals surface area (Å²) in [4.78, 5) is 2.32. The zero-order valence-electron chi connectivity index (χ0n) is 8.11. The fourth-order valence-corrected chi connectivity index (χ4v) is 1.57. The normalized spacial score (nSPS) is 17.7. The summed E-state index contributed by atoms with van der Waals surface area (Å²) in [5.74, 6) is 0.567. The van der Waals surface area contributed by atoms with Gasteiger partial charge in [0.25, 0.3) is 0 Å². The lowest BCUT2D eigenvalue weighted by molar-refractivity contribution is 0.313. The van der Waals surface area contributed by atoms with E-state index >= 15 is 0 Å². The fourth-order valence-electron chi connectivity index (χ4n) is 1.57. The average molecular weight is 196 g/mol. The van der Waals surface area contributed by atoms with Gasteiger partial charge in [0.2, 0.25) is 0 Å². The third kappa shape index (κ3) is 1.80. The Morgan fingerprint density at radius 1 is 1.43 bits per heavy atom. The SMILES string of the molecule is Nc1cnn(CCN2CCNC2)c1N. The van der Waals surface area contributed by atoms with Crippen molar-refractivity contribution in [1.82, 2.24) is 20.0 Å². The van der Waals surface area contributed by atoms with Crippen molar-refractivity contribution in [3.63, 3.8) is 0 Å². The van der Waals surface area contributed by atoms with E-state index in [0.717, 1.165) is 32.8 Å². The highest BCUT2D eigenvalue weighted by molar-refractivity contribution is 5.56. The van der Waals surface area contributed by atoms with Crippen LogP contribution in [0, 0.1) is 0 Å². The number of nitrogen functional groups attached to an aromatic ring is 2. The maximum atomic E-state index is 5.73. The number of hydrogen-bond acceptors (Lipinski definition) is 5. The summed E-state index contributed by atoms with van der Waals surface area (Å²) in [6.45, 7) is 4.87. The molecule has 78 valence electrons. The quantitative estimate of drug-likeness (QED) is 0.572. The van der Waals surface area contributed by atoms with Crippen molar-refractivity contribution >= 4 is 11.5 Å². The second kappa shape index (κ2) is 3.85. The molecule has 6 heteroatoms. The van der Waals surface area contributed by atoms with E-state index in [1.54, 1.807) is 10.9 Å². The molecule has 0 aromatic carbocycles. The Morgan fingerprint density at radius 3 is 2.86 bits per heavy atom. The molecular formula is C8H16N6. The lowest BCUT2D eigenvalue weighted by atomic mass is 10.5. The van der Waals surface area contributed by atoms with Gasteiger partial charge < -0.3 is 16.8 Å². The molecule has 0 amide bonds. The van der Waals surface area contributed by atoms with Gasteiger partial charge in [0.1, 0.15) is 5.82 Å². The number of anilines is 2. The molecule has 1 aliphatic rings.